The highest BCUT2D eigenvalue weighted by atomic mass is 16.6. The van der Waals surface area contributed by atoms with E-state index in [2.05, 4.69) is 9.88 Å². The van der Waals surface area contributed by atoms with Crippen LogP contribution in [0, 0.1) is 17.0 Å². The maximum atomic E-state index is 12.6. The van der Waals surface area contributed by atoms with Crippen molar-refractivity contribution in [2.75, 3.05) is 32.8 Å². The zero-order chi connectivity index (χ0) is 19.2. The number of esters is 1. The lowest BCUT2D eigenvalue weighted by molar-refractivity contribution is -0.384. The predicted molar refractivity (Wildman–Crippen MR) is 97.5 cm³/mol. The van der Waals surface area contributed by atoms with Crippen LogP contribution in [0.2, 0.25) is 0 Å². The van der Waals surface area contributed by atoms with Crippen molar-refractivity contribution in [3.05, 3.63) is 69.5 Å². The topological polar surface area (TPSA) is 94.8 Å². The monoisotopic (exact) mass is 371 g/mol. The Morgan fingerprint density at radius 1 is 1.26 bits per heavy atom. The second-order valence-electron chi connectivity index (χ2n) is 6.34. The standard InChI is InChI=1S/C19H21N3O5/c1-14-2-3-16(12-20-14)18(13-21-8-10-26-11-9-21)27-19(23)15-4-6-17(7-5-15)22(24)25/h2-7,12,18H,8-11,13H2,1H3. The highest BCUT2D eigenvalue weighted by molar-refractivity contribution is 5.89. The van der Waals surface area contributed by atoms with Gasteiger partial charge in [-0.05, 0) is 25.1 Å². The van der Waals surface area contributed by atoms with Gasteiger partial charge in [0.25, 0.3) is 5.69 Å². The fourth-order valence-corrected chi connectivity index (χ4v) is 2.82. The zero-order valence-electron chi connectivity index (χ0n) is 15.0. The average Bonchev–Trinajstić information content (AvgIpc) is 2.69. The van der Waals surface area contributed by atoms with Gasteiger partial charge in [0.05, 0.1) is 23.7 Å². The summed E-state index contributed by atoms with van der Waals surface area (Å²) in [7, 11) is 0. The summed E-state index contributed by atoms with van der Waals surface area (Å²) in [5, 5.41) is 10.8. The van der Waals surface area contributed by atoms with Crippen LogP contribution in [0.1, 0.15) is 27.7 Å². The molecule has 0 spiro atoms. The highest BCUT2D eigenvalue weighted by Crippen LogP contribution is 2.22. The maximum Gasteiger partial charge on any atom is 0.338 e. The minimum atomic E-state index is -0.524. The molecular weight excluding hydrogens is 350 g/mol. The minimum absolute atomic E-state index is 0.0702. The fraction of sp³-hybridized carbons (Fsp3) is 0.368. The number of carbonyl (C=O) groups is 1. The van der Waals surface area contributed by atoms with Crippen LogP contribution >= 0.6 is 0 Å². The van der Waals surface area contributed by atoms with E-state index in [0.717, 1.165) is 24.3 Å². The van der Waals surface area contributed by atoms with Gasteiger partial charge < -0.3 is 9.47 Å². The summed E-state index contributed by atoms with van der Waals surface area (Å²) in [6.07, 6.45) is 1.22. The summed E-state index contributed by atoms with van der Waals surface area (Å²) in [5.41, 5.74) is 1.89. The molecule has 0 bridgehead atoms. The molecule has 1 aliphatic heterocycles. The van der Waals surface area contributed by atoms with Gasteiger partial charge >= 0.3 is 5.97 Å². The fourth-order valence-electron chi connectivity index (χ4n) is 2.82. The number of aryl methyl sites for hydroxylation is 1. The first-order valence-corrected chi connectivity index (χ1v) is 8.71. The van der Waals surface area contributed by atoms with Crippen molar-refractivity contribution in [2.45, 2.75) is 13.0 Å². The Labute approximate surface area is 156 Å². The molecule has 3 rings (SSSR count). The van der Waals surface area contributed by atoms with E-state index in [4.69, 9.17) is 9.47 Å². The second kappa shape index (κ2) is 8.70. The number of ether oxygens (including phenoxy) is 2. The summed E-state index contributed by atoms with van der Waals surface area (Å²) in [6.45, 7) is 5.26. The lowest BCUT2D eigenvalue weighted by Gasteiger charge is -2.30. The van der Waals surface area contributed by atoms with Crippen LogP contribution in [0.3, 0.4) is 0 Å². The van der Waals surface area contributed by atoms with Crippen molar-refractivity contribution in [3.63, 3.8) is 0 Å². The Balaban J connectivity index is 1.75. The summed E-state index contributed by atoms with van der Waals surface area (Å²) >= 11 is 0. The molecule has 1 aromatic heterocycles. The summed E-state index contributed by atoms with van der Waals surface area (Å²) < 4.78 is 11.1. The van der Waals surface area contributed by atoms with Gasteiger partial charge in [-0.3, -0.25) is 20.0 Å². The SMILES string of the molecule is Cc1ccc(C(CN2CCOCC2)OC(=O)c2ccc([N+](=O)[O-])cc2)cn1. The molecule has 8 heteroatoms. The Morgan fingerprint density at radius 3 is 2.56 bits per heavy atom. The quantitative estimate of drug-likeness (QED) is 0.437. The molecule has 0 amide bonds. The zero-order valence-corrected chi connectivity index (χ0v) is 15.0. The van der Waals surface area contributed by atoms with Crippen LogP contribution in [0.25, 0.3) is 0 Å². The van der Waals surface area contributed by atoms with Crippen LogP contribution in [0.15, 0.2) is 42.6 Å². The van der Waals surface area contributed by atoms with Crippen molar-refractivity contribution >= 4 is 11.7 Å². The van der Waals surface area contributed by atoms with Crippen LogP contribution in [0.5, 0.6) is 0 Å². The summed E-state index contributed by atoms with van der Waals surface area (Å²) in [5.74, 6) is -0.524. The minimum Gasteiger partial charge on any atom is -0.452 e. The maximum absolute atomic E-state index is 12.6. The van der Waals surface area contributed by atoms with Crippen molar-refractivity contribution < 1.29 is 19.2 Å². The molecule has 1 aromatic carbocycles. The van der Waals surface area contributed by atoms with E-state index >= 15 is 0 Å². The van der Waals surface area contributed by atoms with Crippen molar-refractivity contribution in [2.24, 2.45) is 0 Å². The third-order valence-corrected chi connectivity index (χ3v) is 4.40. The molecule has 0 N–H and O–H groups in total. The van der Waals surface area contributed by atoms with Gasteiger partial charge in [-0.1, -0.05) is 6.07 Å². The van der Waals surface area contributed by atoms with Crippen molar-refractivity contribution in [1.82, 2.24) is 9.88 Å². The Kier molecular flexibility index (Phi) is 6.10. The molecule has 0 saturated carbocycles. The largest absolute Gasteiger partial charge is 0.452 e. The molecule has 1 aliphatic rings. The molecule has 27 heavy (non-hydrogen) atoms. The molecular formula is C19H21N3O5. The molecule has 1 saturated heterocycles. The van der Waals surface area contributed by atoms with Crippen LogP contribution in [0.4, 0.5) is 5.69 Å². The van der Waals surface area contributed by atoms with Gasteiger partial charge in [0.2, 0.25) is 0 Å². The van der Waals surface area contributed by atoms with E-state index in [1.54, 1.807) is 6.20 Å². The molecule has 142 valence electrons. The Morgan fingerprint density at radius 2 is 1.96 bits per heavy atom. The molecule has 1 atom stereocenters. The number of rotatable bonds is 6. The summed E-state index contributed by atoms with van der Waals surface area (Å²) in [4.78, 5) is 29.3. The van der Waals surface area contributed by atoms with E-state index in [1.807, 2.05) is 19.1 Å². The molecule has 0 radical (unpaired) electrons. The molecule has 8 nitrogen and oxygen atoms in total. The second-order valence-corrected chi connectivity index (χ2v) is 6.34. The van der Waals surface area contributed by atoms with Gasteiger partial charge in [0.15, 0.2) is 0 Å². The van der Waals surface area contributed by atoms with Gasteiger partial charge in [-0.25, -0.2) is 4.79 Å². The van der Waals surface area contributed by atoms with Crippen molar-refractivity contribution in [1.29, 1.82) is 0 Å². The number of nitro benzene ring substituents is 1. The van der Waals surface area contributed by atoms with Gasteiger partial charge in [0.1, 0.15) is 6.10 Å². The number of pyridine rings is 1. The molecule has 2 aromatic rings. The van der Waals surface area contributed by atoms with Crippen molar-refractivity contribution in [3.8, 4) is 0 Å². The lowest BCUT2D eigenvalue weighted by atomic mass is 10.1. The number of morpholine rings is 1. The van der Waals surface area contributed by atoms with Gasteiger partial charge in [0, 0.05) is 49.2 Å². The smallest absolute Gasteiger partial charge is 0.338 e. The number of nitro groups is 1. The lowest BCUT2D eigenvalue weighted by Crippen LogP contribution is -2.39. The first-order valence-electron chi connectivity index (χ1n) is 8.71. The molecule has 1 fully saturated rings. The van der Waals surface area contributed by atoms with E-state index in [1.165, 1.54) is 24.3 Å². The molecule has 2 heterocycles. The van der Waals surface area contributed by atoms with Gasteiger partial charge in [-0.15, -0.1) is 0 Å². The predicted octanol–water partition coefficient (Wildman–Crippen LogP) is 2.53. The molecule has 1 unspecified atom stereocenters. The third kappa shape index (κ3) is 5.08. The van der Waals surface area contributed by atoms with E-state index in [-0.39, 0.29) is 11.3 Å². The average molecular weight is 371 g/mol. The van der Waals surface area contributed by atoms with Crippen LogP contribution in [-0.4, -0.2) is 53.6 Å². The number of carbonyl (C=O) groups excluding carboxylic acids is 1. The number of hydrogen-bond acceptors (Lipinski definition) is 7. The van der Waals surface area contributed by atoms with E-state index < -0.39 is 17.0 Å². The first kappa shape index (κ1) is 18.9. The number of aromatic nitrogens is 1. The van der Waals surface area contributed by atoms with Gasteiger partial charge in [-0.2, -0.15) is 0 Å². The number of hydrogen-bond donors (Lipinski definition) is 0. The molecule has 0 aliphatic carbocycles. The number of benzene rings is 1. The Bertz CT molecular complexity index is 786. The van der Waals surface area contributed by atoms with Crippen LogP contribution in [-0.2, 0) is 9.47 Å². The Hall–Kier alpha value is -2.84. The number of nitrogens with zero attached hydrogens (tertiary/aromatic N) is 3. The normalized spacial score (nSPS) is 15.9. The van der Waals surface area contributed by atoms with Crippen LogP contribution < -0.4 is 0 Å². The number of non-ortho nitro benzene ring substituents is 1. The summed E-state index contributed by atoms with van der Waals surface area (Å²) in [6, 6.07) is 9.17. The highest BCUT2D eigenvalue weighted by Gasteiger charge is 2.23. The van der Waals surface area contributed by atoms with E-state index in [0.29, 0.717) is 19.8 Å². The van der Waals surface area contributed by atoms with E-state index in [9.17, 15) is 14.9 Å². The first-order chi connectivity index (χ1) is 13.0. The third-order valence-electron chi connectivity index (χ3n) is 4.40.